The molecular weight excluding hydrogens is 448 g/mol. The van der Waals surface area contributed by atoms with Crippen LogP contribution in [0.1, 0.15) is 57.2 Å². The van der Waals surface area contributed by atoms with E-state index in [1.807, 2.05) is 6.92 Å². The van der Waals surface area contributed by atoms with Crippen LogP contribution in [0.15, 0.2) is 29.2 Å². The third kappa shape index (κ3) is 6.57. The highest BCUT2D eigenvalue weighted by atomic mass is 32.2. The summed E-state index contributed by atoms with van der Waals surface area (Å²) in [6.45, 7) is 10.1. The molecule has 0 aliphatic carbocycles. The van der Waals surface area contributed by atoms with Gasteiger partial charge in [0.1, 0.15) is 6.04 Å². The second kappa shape index (κ2) is 11.8. The van der Waals surface area contributed by atoms with Gasteiger partial charge in [-0.05, 0) is 41.0 Å². The molecule has 1 heterocycles. The summed E-state index contributed by atoms with van der Waals surface area (Å²) in [6.07, 6.45) is 0.819. The van der Waals surface area contributed by atoms with E-state index in [9.17, 15) is 18.0 Å². The molecule has 0 aliphatic rings. The van der Waals surface area contributed by atoms with E-state index >= 15 is 0 Å². The highest BCUT2D eigenvalue weighted by Gasteiger charge is 2.28. The normalized spacial score (nSPS) is 12.7. The van der Waals surface area contributed by atoms with E-state index in [2.05, 4.69) is 20.8 Å². The Kier molecular flexibility index (Phi) is 9.47. The number of benzene rings is 1. The summed E-state index contributed by atoms with van der Waals surface area (Å²) < 4.78 is 33.8. The first-order chi connectivity index (χ1) is 15.6. The van der Waals surface area contributed by atoms with E-state index in [-0.39, 0.29) is 23.0 Å². The van der Waals surface area contributed by atoms with Crippen molar-refractivity contribution in [3.8, 4) is 0 Å². The Balaban J connectivity index is 2.14. The second-order valence-electron chi connectivity index (χ2n) is 7.74. The number of aromatic nitrogens is 4. The van der Waals surface area contributed by atoms with Gasteiger partial charge in [-0.1, -0.05) is 40.7 Å². The molecule has 1 atom stereocenters. The largest absolute Gasteiger partial charge is 0.456 e. The molecule has 182 valence electrons. The first-order valence-corrected chi connectivity index (χ1v) is 12.4. The van der Waals surface area contributed by atoms with E-state index in [4.69, 9.17) is 4.74 Å². The summed E-state index contributed by atoms with van der Waals surface area (Å²) in [5, 5.41) is 13.9. The lowest BCUT2D eigenvalue weighted by Gasteiger charge is -2.21. The molecule has 1 N–H and O–H groups in total. The summed E-state index contributed by atoms with van der Waals surface area (Å²) in [5.74, 6) is -1.06. The highest BCUT2D eigenvalue weighted by molar-refractivity contribution is 7.89. The van der Waals surface area contributed by atoms with Crippen molar-refractivity contribution < 1.29 is 22.7 Å². The molecule has 0 saturated carbocycles. The molecule has 0 saturated heterocycles. The fraction of sp³-hybridized carbons (Fsp3) is 0.571. The van der Waals surface area contributed by atoms with E-state index in [0.717, 1.165) is 6.42 Å². The van der Waals surface area contributed by atoms with Gasteiger partial charge in [0.05, 0.1) is 4.90 Å². The van der Waals surface area contributed by atoms with Crippen LogP contribution in [0.25, 0.3) is 0 Å². The van der Waals surface area contributed by atoms with Crippen molar-refractivity contribution >= 4 is 21.9 Å². The summed E-state index contributed by atoms with van der Waals surface area (Å²) in [4.78, 5) is 25.6. The number of esters is 1. The van der Waals surface area contributed by atoms with Crippen molar-refractivity contribution in [2.24, 2.45) is 5.92 Å². The number of sulfonamides is 1. The Morgan fingerprint density at radius 2 is 1.88 bits per heavy atom. The number of ether oxygens (including phenoxy) is 1. The SMILES string of the molecule is CCCn1nnnc1COC(=O)[C@@H](NC(=O)c1cccc(S(=O)(=O)N(CC)CC)c1)C(C)C. The van der Waals surface area contributed by atoms with Crippen LogP contribution >= 0.6 is 0 Å². The zero-order chi connectivity index (χ0) is 24.6. The molecule has 0 aliphatic heterocycles. The first kappa shape index (κ1) is 26.4. The number of carbonyl (C=O) groups excluding carboxylic acids is 2. The van der Waals surface area contributed by atoms with Crippen molar-refractivity contribution in [3.63, 3.8) is 0 Å². The topological polar surface area (TPSA) is 136 Å². The van der Waals surface area contributed by atoms with Gasteiger partial charge >= 0.3 is 5.97 Å². The van der Waals surface area contributed by atoms with Crippen molar-refractivity contribution in [3.05, 3.63) is 35.7 Å². The van der Waals surface area contributed by atoms with Crippen LogP contribution < -0.4 is 5.32 Å². The van der Waals surface area contributed by atoms with E-state index in [1.54, 1.807) is 32.4 Å². The molecule has 0 bridgehead atoms. The molecule has 2 aromatic rings. The molecule has 1 aromatic heterocycles. The van der Waals surface area contributed by atoms with Gasteiger partial charge in [0.25, 0.3) is 5.91 Å². The fourth-order valence-electron chi connectivity index (χ4n) is 3.17. The minimum Gasteiger partial charge on any atom is -0.456 e. The molecule has 1 amide bonds. The molecule has 1 aromatic carbocycles. The number of rotatable bonds is 12. The maximum Gasteiger partial charge on any atom is 0.329 e. The molecule has 11 nitrogen and oxygen atoms in total. The molecule has 0 spiro atoms. The van der Waals surface area contributed by atoms with E-state index < -0.39 is 27.9 Å². The maximum absolute atomic E-state index is 12.9. The third-order valence-corrected chi connectivity index (χ3v) is 7.08. The first-order valence-electron chi connectivity index (χ1n) is 11.0. The molecule has 2 rings (SSSR count). The van der Waals surface area contributed by atoms with Crippen LogP contribution in [-0.4, -0.2) is 63.9 Å². The summed E-state index contributed by atoms with van der Waals surface area (Å²) in [5.41, 5.74) is 0.133. The lowest BCUT2D eigenvalue weighted by atomic mass is 10.0. The quantitative estimate of drug-likeness (QED) is 0.453. The fourth-order valence-corrected chi connectivity index (χ4v) is 4.67. The van der Waals surface area contributed by atoms with Crippen molar-refractivity contribution in [2.45, 2.75) is 65.1 Å². The number of tetrazole rings is 1. The van der Waals surface area contributed by atoms with Crippen LogP contribution in [0.2, 0.25) is 0 Å². The zero-order valence-corrected chi connectivity index (χ0v) is 20.5. The Morgan fingerprint density at radius 1 is 1.18 bits per heavy atom. The zero-order valence-electron chi connectivity index (χ0n) is 19.7. The van der Waals surface area contributed by atoms with Gasteiger partial charge in [-0.25, -0.2) is 17.9 Å². The predicted molar refractivity (Wildman–Crippen MR) is 121 cm³/mol. The Labute approximate surface area is 194 Å². The summed E-state index contributed by atoms with van der Waals surface area (Å²) >= 11 is 0. The van der Waals surface area contributed by atoms with E-state index in [1.165, 1.54) is 28.6 Å². The smallest absolute Gasteiger partial charge is 0.329 e. The van der Waals surface area contributed by atoms with Crippen molar-refractivity contribution in [2.75, 3.05) is 13.1 Å². The van der Waals surface area contributed by atoms with Gasteiger partial charge in [0.2, 0.25) is 10.0 Å². The van der Waals surface area contributed by atoms with Crippen molar-refractivity contribution in [1.82, 2.24) is 29.8 Å². The number of aryl methyl sites for hydroxylation is 1. The molecule has 33 heavy (non-hydrogen) atoms. The van der Waals surface area contributed by atoms with Gasteiger partial charge in [0, 0.05) is 25.2 Å². The maximum atomic E-state index is 12.9. The Bertz CT molecular complexity index is 1050. The molecule has 0 unspecified atom stereocenters. The van der Waals surface area contributed by atoms with Gasteiger partial charge < -0.3 is 10.1 Å². The molecule has 0 radical (unpaired) electrons. The standard InChI is InChI=1S/C21H32N6O5S/c1-6-12-27-18(23-24-25-27)14-32-21(29)19(15(4)5)22-20(28)16-10-9-11-17(13-16)33(30,31)26(7-2)8-3/h9-11,13,15,19H,6-8,12,14H2,1-5H3,(H,22,28)/t19-/m0/s1. The summed E-state index contributed by atoms with van der Waals surface area (Å²) in [6, 6.07) is 4.82. The minimum atomic E-state index is -3.72. The Morgan fingerprint density at radius 3 is 2.48 bits per heavy atom. The minimum absolute atomic E-state index is 0.0188. The van der Waals surface area contributed by atoms with Crippen LogP contribution in [-0.2, 0) is 32.7 Å². The number of nitrogens with one attached hydrogen (secondary N) is 1. The second-order valence-corrected chi connectivity index (χ2v) is 9.68. The lowest BCUT2D eigenvalue weighted by Crippen LogP contribution is -2.45. The van der Waals surface area contributed by atoms with Gasteiger partial charge in [-0.3, -0.25) is 4.79 Å². The molecule has 12 heteroatoms. The van der Waals surface area contributed by atoms with Crippen molar-refractivity contribution in [1.29, 1.82) is 0 Å². The number of amides is 1. The summed E-state index contributed by atoms with van der Waals surface area (Å²) in [7, 11) is -3.72. The highest BCUT2D eigenvalue weighted by Crippen LogP contribution is 2.17. The number of nitrogens with zero attached hydrogens (tertiary/aromatic N) is 5. The average molecular weight is 481 g/mol. The lowest BCUT2D eigenvalue weighted by molar-refractivity contribution is -0.148. The third-order valence-electron chi connectivity index (χ3n) is 5.03. The van der Waals surface area contributed by atoms with Gasteiger partial charge in [0.15, 0.2) is 12.4 Å². The van der Waals surface area contributed by atoms with Crippen LogP contribution in [0, 0.1) is 5.92 Å². The number of hydrogen-bond donors (Lipinski definition) is 1. The number of hydrogen-bond acceptors (Lipinski definition) is 8. The predicted octanol–water partition coefficient (Wildman–Crippen LogP) is 1.61. The Hall–Kier alpha value is -2.86. The number of carbonyl (C=O) groups is 2. The van der Waals surface area contributed by atoms with Crippen LogP contribution in [0.3, 0.4) is 0 Å². The average Bonchev–Trinajstić information content (AvgIpc) is 3.23. The molecular formula is C21H32N6O5S. The van der Waals surface area contributed by atoms with Crippen LogP contribution in [0.5, 0.6) is 0 Å². The monoisotopic (exact) mass is 480 g/mol. The molecule has 0 fully saturated rings. The van der Waals surface area contributed by atoms with E-state index in [0.29, 0.717) is 25.5 Å². The van der Waals surface area contributed by atoms with Gasteiger partial charge in [-0.15, -0.1) is 5.10 Å². The van der Waals surface area contributed by atoms with Gasteiger partial charge in [-0.2, -0.15) is 4.31 Å². The van der Waals surface area contributed by atoms with Crippen LogP contribution in [0.4, 0.5) is 0 Å².